The first kappa shape index (κ1) is 15.5. The minimum atomic E-state index is -0.705. The lowest BCUT2D eigenvalue weighted by Crippen LogP contribution is -2.35. The number of carbonyl (C=O) groups excluding carboxylic acids is 1. The third kappa shape index (κ3) is 3.21. The molecule has 1 aromatic carbocycles. The topological polar surface area (TPSA) is 54.9 Å². The molecule has 0 aliphatic heterocycles. The van der Waals surface area contributed by atoms with Gasteiger partial charge in [0.2, 0.25) is 0 Å². The van der Waals surface area contributed by atoms with Crippen molar-refractivity contribution in [2.75, 3.05) is 0 Å². The van der Waals surface area contributed by atoms with Gasteiger partial charge in [-0.1, -0.05) is 13.8 Å². The number of halogens is 2. The summed E-state index contributed by atoms with van der Waals surface area (Å²) in [5.41, 5.74) is -0.00322. The van der Waals surface area contributed by atoms with E-state index < -0.39 is 17.2 Å². The predicted octanol–water partition coefficient (Wildman–Crippen LogP) is 3.30. The van der Waals surface area contributed by atoms with Gasteiger partial charge in [-0.25, -0.2) is 18.7 Å². The van der Waals surface area contributed by atoms with E-state index in [2.05, 4.69) is 15.3 Å². The fourth-order valence-corrected chi connectivity index (χ4v) is 2.50. The zero-order valence-electron chi connectivity index (χ0n) is 12.9. The summed E-state index contributed by atoms with van der Waals surface area (Å²) in [5, 5.41) is 2.86. The van der Waals surface area contributed by atoms with Gasteiger partial charge in [0.25, 0.3) is 5.91 Å². The molecule has 0 spiro atoms. The molecule has 0 unspecified atom stereocenters. The Morgan fingerprint density at radius 2 is 1.87 bits per heavy atom. The predicted molar refractivity (Wildman–Crippen MR) is 80.9 cm³/mol. The van der Waals surface area contributed by atoms with Crippen LogP contribution in [0.2, 0.25) is 0 Å². The summed E-state index contributed by atoms with van der Waals surface area (Å²) in [6.07, 6.45) is 2.83. The molecule has 1 heterocycles. The number of aromatic nitrogens is 2. The van der Waals surface area contributed by atoms with Crippen LogP contribution in [0.3, 0.4) is 0 Å². The molecule has 3 rings (SSSR count). The minimum absolute atomic E-state index is 0.106. The third-order valence-corrected chi connectivity index (χ3v) is 3.94. The van der Waals surface area contributed by atoms with E-state index in [-0.39, 0.29) is 17.5 Å². The smallest absolute Gasteiger partial charge is 0.270 e. The molecule has 120 valence electrons. The molecule has 0 radical (unpaired) electrons. The second kappa shape index (κ2) is 5.68. The highest BCUT2D eigenvalue weighted by Gasteiger charge is 2.46. The van der Waals surface area contributed by atoms with Crippen molar-refractivity contribution in [1.82, 2.24) is 15.3 Å². The first-order valence-corrected chi connectivity index (χ1v) is 7.52. The Morgan fingerprint density at radius 1 is 1.22 bits per heavy atom. The normalized spacial score (nSPS) is 15.5. The monoisotopic (exact) mass is 317 g/mol. The zero-order valence-corrected chi connectivity index (χ0v) is 12.9. The Balaban J connectivity index is 1.83. The fraction of sp³-hybridized carbons (Fsp3) is 0.353. The molecule has 0 saturated heterocycles. The number of rotatable bonds is 4. The van der Waals surface area contributed by atoms with Crippen LogP contribution in [-0.4, -0.2) is 15.9 Å². The van der Waals surface area contributed by atoms with E-state index in [4.69, 9.17) is 0 Å². The zero-order chi connectivity index (χ0) is 16.6. The van der Waals surface area contributed by atoms with Crippen LogP contribution in [0.4, 0.5) is 8.78 Å². The highest BCUT2D eigenvalue weighted by atomic mass is 19.1. The van der Waals surface area contributed by atoms with E-state index in [0.717, 1.165) is 6.07 Å². The third-order valence-electron chi connectivity index (χ3n) is 3.94. The van der Waals surface area contributed by atoms with Crippen molar-refractivity contribution in [3.05, 3.63) is 59.2 Å². The van der Waals surface area contributed by atoms with Crippen molar-refractivity contribution in [3.63, 3.8) is 0 Å². The number of benzene rings is 1. The van der Waals surface area contributed by atoms with Gasteiger partial charge in [-0.2, -0.15) is 0 Å². The summed E-state index contributed by atoms with van der Waals surface area (Å²) in [6.45, 7) is 3.88. The lowest BCUT2D eigenvalue weighted by molar-refractivity contribution is 0.0925. The number of nitrogens with zero attached hydrogens (tertiary/aromatic N) is 2. The SMILES string of the molecule is CC(C)c1nccc(C(=O)NC2(c3cc(F)cc(F)c3)CC2)n1. The summed E-state index contributed by atoms with van der Waals surface area (Å²) in [4.78, 5) is 20.8. The van der Waals surface area contributed by atoms with Crippen molar-refractivity contribution >= 4 is 5.91 Å². The summed E-state index contributed by atoms with van der Waals surface area (Å²) in [7, 11) is 0. The molecule has 1 amide bonds. The Labute approximate surface area is 133 Å². The van der Waals surface area contributed by atoms with Crippen LogP contribution in [0.25, 0.3) is 0 Å². The molecule has 2 aromatic rings. The highest BCUT2D eigenvalue weighted by Crippen LogP contribution is 2.46. The maximum atomic E-state index is 13.4. The summed E-state index contributed by atoms with van der Waals surface area (Å²) < 4.78 is 26.8. The molecular weight excluding hydrogens is 300 g/mol. The van der Waals surface area contributed by atoms with Crippen LogP contribution in [0.15, 0.2) is 30.5 Å². The molecule has 1 saturated carbocycles. The van der Waals surface area contributed by atoms with Crippen LogP contribution in [0.5, 0.6) is 0 Å². The van der Waals surface area contributed by atoms with Gasteiger partial charge in [0, 0.05) is 18.2 Å². The van der Waals surface area contributed by atoms with Crippen molar-refractivity contribution in [1.29, 1.82) is 0 Å². The Kier molecular flexibility index (Phi) is 3.83. The Hall–Kier alpha value is -2.37. The molecule has 1 aliphatic rings. The van der Waals surface area contributed by atoms with E-state index in [0.29, 0.717) is 24.2 Å². The van der Waals surface area contributed by atoms with Gasteiger partial charge in [-0.05, 0) is 36.6 Å². The first-order valence-electron chi connectivity index (χ1n) is 7.52. The molecule has 23 heavy (non-hydrogen) atoms. The lowest BCUT2D eigenvalue weighted by Gasteiger charge is -2.18. The van der Waals surface area contributed by atoms with E-state index in [1.54, 1.807) is 6.20 Å². The van der Waals surface area contributed by atoms with Crippen LogP contribution in [0.1, 0.15) is 54.5 Å². The fourth-order valence-electron chi connectivity index (χ4n) is 2.50. The van der Waals surface area contributed by atoms with Crippen LogP contribution >= 0.6 is 0 Å². The largest absolute Gasteiger partial charge is 0.341 e. The summed E-state index contributed by atoms with van der Waals surface area (Å²) >= 11 is 0. The molecule has 4 nitrogen and oxygen atoms in total. The molecule has 1 aliphatic carbocycles. The molecule has 0 atom stereocenters. The Bertz CT molecular complexity index is 737. The average molecular weight is 317 g/mol. The van der Waals surface area contributed by atoms with Crippen LogP contribution in [0, 0.1) is 11.6 Å². The summed E-state index contributed by atoms with van der Waals surface area (Å²) in [5.74, 6) is -0.972. The van der Waals surface area contributed by atoms with Crippen LogP contribution in [-0.2, 0) is 5.54 Å². The number of carbonyl (C=O) groups is 1. The number of nitrogens with one attached hydrogen (secondary N) is 1. The molecule has 0 bridgehead atoms. The molecule has 1 N–H and O–H groups in total. The van der Waals surface area contributed by atoms with Crippen molar-refractivity contribution < 1.29 is 13.6 Å². The molecule has 6 heteroatoms. The maximum Gasteiger partial charge on any atom is 0.270 e. The second-order valence-electron chi connectivity index (χ2n) is 6.15. The van der Waals surface area contributed by atoms with Gasteiger partial charge >= 0.3 is 0 Å². The second-order valence-corrected chi connectivity index (χ2v) is 6.15. The van der Waals surface area contributed by atoms with E-state index in [9.17, 15) is 13.6 Å². The quantitative estimate of drug-likeness (QED) is 0.941. The Morgan fingerprint density at radius 3 is 2.43 bits per heavy atom. The van der Waals surface area contributed by atoms with Gasteiger partial charge in [-0.3, -0.25) is 4.79 Å². The molecule has 1 aromatic heterocycles. The van der Waals surface area contributed by atoms with Crippen LogP contribution < -0.4 is 5.32 Å². The highest BCUT2D eigenvalue weighted by molar-refractivity contribution is 5.93. The maximum absolute atomic E-state index is 13.4. The number of hydrogen-bond donors (Lipinski definition) is 1. The van der Waals surface area contributed by atoms with Crippen molar-refractivity contribution in [2.24, 2.45) is 0 Å². The molecular formula is C17H17F2N3O. The van der Waals surface area contributed by atoms with E-state index in [1.807, 2.05) is 13.8 Å². The van der Waals surface area contributed by atoms with Gasteiger partial charge < -0.3 is 5.32 Å². The van der Waals surface area contributed by atoms with Gasteiger partial charge in [0.15, 0.2) is 0 Å². The van der Waals surface area contributed by atoms with E-state index in [1.165, 1.54) is 18.2 Å². The number of hydrogen-bond acceptors (Lipinski definition) is 3. The minimum Gasteiger partial charge on any atom is -0.341 e. The van der Waals surface area contributed by atoms with E-state index >= 15 is 0 Å². The van der Waals surface area contributed by atoms with Gasteiger partial charge in [-0.15, -0.1) is 0 Å². The lowest BCUT2D eigenvalue weighted by atomic mass is 10.0. The van der Waals surface area contributed by atoms with Crippen molar-refractivity contribution in [2.45, 2.75) is 38.1 Å². The first-order chi connectivity index (χ1) is 10.9. The van der Waals surface area contributed by atoms with Crippen molar-refractivity contribution in [3.8, 4) is 0 Å². The standard InChI is InChI=1S/C17H17F2N3O/c1-10(2)15-20-6-3-14(21-15)16(23)22-17(4-5-17)11-7-12(18)9-13(19)8-11/h3,6-10H,4-5H2,1-2H3,(H,22,23). The molecule has 1 fully saturated rings. The summed E-state index contributed by atoms with van der Waals surface area (Å²) in [6, 6.07) is 4.87. The van der Waals surface area contributed by atoms with Gasteiger partial charge in [0.05, 0.1) is 5.54 Å². The van der Waals surface area contributed by atoms with Gasteiger partial charge in [0.1, 0.15) is 23.2 Å². The average Bonchev–Trinajstić information content (AvgIpc) is 3.27. The number of amides is 1.